The minimum Gasteiger partial charge on any atom is -0.403 e. The van der Waals surface area contributed by atoms with Crippen molar-refractivity contribution in [3.8, 4) is 5.75 Å². The van der Waals surface area contributed by atoms with Gasteiger partial charge >= 0.3 is 0 Å². The van der Waals surface area contributed by atoms with E-state index in [0.717, 1.165) is 5.56 Å². The zero-order chi connectivity index (χ0) is 18.8. The first kappa shape index (κ1) is 19.0. The van der Waals surface area contributed by atoms with Crippen molar-refractivity contribution in [3.05, 3.63) is 65.2 Å². The summed E-state index contributed by atoms with van der Waals surface area (Å²) in [6.45, 7) is 3.43. The Bertz CT molecular complexity index is 750. The fourth-order valence-electron chi connectivity index (χ4n) is 3.23. The number of hydroxylamine groups is 2. The molecule has 2 aromatic rings. The molecule has 0 N–H and O–H groups in total. The van der Waals surface area contributed by atoms with Crippen molar-refractivity contribution in [1.82, 2.24) is 14.6 Å². The zero-order valence-corrected chi connectivity index (χ0v) is 16.4. The van der Waals surface area contributed by atoms with E-state index in [9.17, 15) is 0 Å². The van der Waals surface area contributed by atoms with Gasteiger partial charge < -0.3 is 14.3 Å². The topological polar surface area (TPSA) is 37.4 Å². The second kappa shape index (κ2) is 8.32. The van der Waals surface area contributed by atoms with Gasteiger partial charge in [0.25, 0.3) is 0 Å². The highest BCUT2D eigenvalue weighted by molar-refractivity contribution is 6.30. The third-order valence-corrected chi connectivity index (χ3v) is 5.04. The van der Waals surface area contributed by atoms with Gasteiger partial charge in [-0.2, -0.15) is 5.01 Å². The summed E-state index contributed by atoms with van der Waals surface area (Å²) in [7, 11) is 0. The quantitative estimate of drug-likeness (QED) is 0.693. The number of rotatable bonds is 5. The molecule has 2 heterocycles. The van der Waals surface area contributed by atoms with Crippen molar-refractivity contribution in [2.24, 2.45) is 0 Å². The van der Waals surface area contributed by atoms with Gasteiger partial charge in [0.05, 0.1) is 12.7 Å². The molecule has 0 amide bonds. The lowest BCUT2D eigenvalue weighted by Gasteiger charge is -2.33. The number of benzene rings is 2. The average molecular weight is 410 g/mol. The summed E-state index contributed by atoms with van der Waals surface area (Å²) in [4.78, 5) is 5.93. The van der Waals surface area contributed by atoms with E-state index in [1.54, 1.807) is 21.7 Å². The number of halogens is 2. The Morgan fingerprint density at radius 1 is 1.07 bits per heavy atom. The van der Waals surface area contributed by atoms with Crippen molar-refractivity contribution in [3.63, 3.8) is 0 Å². The number of hydrogen-bond acceptors (Lipinski definition) is 6. The smallest absolute Gasteiger partial charge is 0.179 e. The molecule has 2 saturated heterocycles. The van der Waals surface area contributed by atoms with E-state index in [4.69, 9.17) is 37.7 Å². The number of hydrazine groups is 1. The van der Waals surface area contributed by atoms with Gasteiger partial charge in [-0.1, -0.05) is 41.9 Å². The van der Waals surface area contributed by atoms with Gasteiger partial charge in [0.15, 0.2) is 6.29 Å². The fraction of sp³-hybridized carbons (Fsp3) is 0.368. The molecule has 2 aliphatic rings. The summed E-state index contributed by atoms with van der Waals surface area (Å²) < 4.78 is 13.5. The number of nitrogens with zero attached hydrogens (tertiary/aromatic N) is 3. The van der Waals surface area contributed by atoms with Gasteiger partial charge in [-0.15, -0.1) is 9.59 Å². The molecule has 6 nitrogen and oxygen atoms in total. The van der Waals surface area contributed by atoms with Crippen molar-refractivity contribution in [2.45, 2.75) is 25.4 Å². The predicted molar refractivity (Wildman–Crippen MR) is 103 cm³/mol. The van der Waals surface area contributed by atoms with Crippen LogP contribution in [0.3, 0.4) is 0 Å². The second-order valence-electron chi connectivity index (χ2n) is 6.59. The van der Waals surface area contributed by atoms with E-state index in [-0.39, 0.29) is 12.1 Å². The lowest BCUT2D eigenvalue weighted by molar-refractivity contribution is -0.138. The average Bonchev–Trinajstić information content (AvgIpc) is 3.24. The predicted octanol–water partition coefficient (Wildman–Crippen LogP) is 4.04. The molecular weight excluding hydrogens is 389 g/mol. The zero-order valence-electron chi connectivity index (χ0n) is 14.9. The Balaban J connectivity index is 1.52. The SMILES string of the molecule is CC1COC(C(c2ccccc2)N2CN(Oc3ccc(Cl)cc3)CN2Cl)O1. The summed E-state index contributed by atoms with van der Waals surface area (Å²) in [5.74, 6) is 0.699. The van der Waals surface area contributed by atoms with Gasteiger partial charge in [0.2, 0.25) is 0 Å². The van der Waals surface area contributed by atoms with Crippen LogP contribution in [-0.2, 0) is 9.47 Å². The van der Waals surface area contributed by atoms with E-state index in [0.29, 0.717) is 30.7 Å². The Morgan fingerprint density at radius 3 is 2.48 bits per heavy atom. The Hall–Kier alpha value is -1.38. The lowest BCUT2D eigenvalue weighted by Crippen LogP contribution is -2.41. The molecule has 4 rings (SSSR count). The highest BCUT2D eigenvalue weighted by Gasteiger charge is 2.42. The third-order valence-electron chi connectivity index (χ3n) is 4.49. The molecule has 2 aliphatic heterocycles. The minimum absolute atomic E-state index is 0.0500. The summed E-state index contributed by atoms with van der Waals surface area (Å²) >= 11 is 12.5. The van der Waals surface area contributed by atoms with Crippen LogP contribution in [0.4, 0.5) is 0 Å². The Labute approximate surface area is 168 Å². The highest BCUT2D eigenvalue weighted by atomic mass is 35.5. The van der Waals surface area contributed by atoms with Crippen molar-refractivity contribution < 1.29 is 14.3 Å². The van der Waals surface area contributed by atoms with Crippen molar-refractivity contribution >= 4 is 23.4 Å². The van der Waals surface area contributed by atoms with Crippen LogP contribution in [0.1, 0.15) is 18.5 Å². The Morgan fingerprint density at radius 2 is 1.81 bits per heavy atom. The summed E-state index contributed by atoms with van der Waals surface area (Å²) in [6, 6.07) is 17.1. The molecule has 27 heavy (non-hydrogen) atoms. The summed E-state index contributed by atoms with van der Waals surface area (Å²) in [6.07, 6.45) is -0.354. The van der Waals surface area contributed by atoms with Gasteiger partial charge in [0, 0.05) is 5.02 Å². The van der Waals surface area contributed by atoms with Crippen LogP contribution in [-0.4, -0.2) is 46.9 Å². The molecule has 144 valence electrons. The second-order valence-corrected chi connectivity index (χ2v) is 7.42. The van der Waals surface area contributed by atoms with Gasteiger partial charge in [-0.3, -0.25) is 0 Å². The summed E-state index contributed by atoms with van der Waals surface area (Å²) in [5.41, 5.74) is 1.07. The molecule has 0 saturated carbocycles. The minimum atomic E-state index is -0.404. The monoisotopic (exact) mass is 409 g/mol. The first-order valence-corrected chi connectivity index (χ1v) is 9.52. The van der Waals surface area contributed by atoms with Gasteiger partial charge in [0.1, 0.15) is 25.1 Å². The third kappa shape index (κ3) is 4.38. The Kier molecular flexibility index (Phi) is 5.85. The largest absolute Gasteiger partial charge is 0.403 e. The van der Waals surface area contributed by atoms with Crippen molar-refractivity contribution in [2.75, 3.05) is 19.9 Å². The fourth-order valence-corrected chi connectivity index (χ4v) is 3.62. The van der Waals surface area contributed by atoms with E-state index < -0.39 is 6.29 Å². The van der Waals surface area contributed by atoms with Gasteiger partial charge in [-0.05, 0) is 48.5 Å². The van der Waals surface area contributed by atoms with Gasteiger partial charge in [-0.25, -0.2) is 0 Å². The normalized spacial score (nSPS) is 25.7. The molecule has 8 heteroatoms. The van der Waals surface area contributed by atoms with Crippen LogP contribution in [0.2, 0.25) is 5.02 Å². The summed E-state index contributed by atoms with van der Waals surface area (Å²) in [5, 5.41) is 4.42. The molecule has 2 aromatic carbocycles. The van der Waals surface area contributed by atoms with Crippen LogP contribution in [0.25, 0.3) is 0 Å². The lowest BCUT2D eigenvalue weighted by atomic mass is 10.1. The standard InChI is InChI=1S/C19H21Cl2N3O3/c1-14-11-25-19(26-14)18(15-5-3-2-4-6-15)23-12-22(13-24(23)21)27-17-9-7-16(20)8-10-17/h2-10,14,18-19H,11-13H2,1H3. The van der Waals surface area contributed by atoms with Crippen LogP contribution in [0.5, 0.6) is 5.75 Å². The maximum Gasteiger partial charge on any atom is 0.179 e. The molecule has 3 atom stereocenters. The van der Waals surface area contributed by atoms with Crippen LogP contribution >= 0.6 is 23.4 Å². The molecule has 0 spiro atoms. The molecular formula is C19H21Cl2N3O3. The molecule has 0 radical (unpaired) electrons. The maximum absolute atomic E-state index is 6.53. The highest BCUT2D eigenvalue weighted by Crippen LogP contribution is 2.35. The van der Waals surface area contributed by atoms with E-state index in [2.05, 4.69) is 0 Å². The van der Waals surface area contributed by atoms with Crippen LogP contribution in [0, 0.1) is 0 Å². The molecule has 0 aliphatic carbocycles. The van der Waals surface area contributed by atoms with E-state index in [1.165, 1.54) is 0 Å². The maximum atomic E-state index is 6.53. The molecule has 2 fully saturated rings. The molecule has 0 aromatic heterocycles. The first-order chi connectivity index (χ1) is 13.1. The van der Waals surface area contributed by atoms with E-state index in [1.807, 2.05) is 54.4 Å². The van der Waals surface area contributed by atoms with Crippen molar-refractivity contribution in [1.29, 1.82) is 0 Å². The van der Waals surface area contributed by atoms with Crippen LogP contribution in [0.15, 0.2) is 54.6 Å². The number of ether oxygens (including phenoxy) is 2. The van der Waals surface area contributed by atoms with Crippen LogP contribution < -0.4 is 4.84 Å². The number of hydrogen-bond donors (Lipinski definition) is 0. The first-order valence-electron chi connectivity index (χ1n) is 8.80. The molecule has 0 bridgehead atoms. The molecule has 3 unspecified atom stereocenters. The van der Waals surface area contributed by atoms with E-state index >= 15 is 0 Å².